The van der Waals surface area contributed by atoms with E-state index in [2.05, 4.69) is 4.99 Å². The first kappa shape index (κ1) is 10.5. The Hall–Kier alpha value is -1.06. The molecule has 0 aromatic heterocycles. The number of hydrogen-bond donors (Lipinski definition) is 1. The average molecular weight is 210 g/mol. The van der Waals surface area contributed by atoms with E-state index >= 15 is 0 Å². The van der Waals surface area contributed by atoms with Gasteiger partial charge in [-0.25, -0.2) is 0 Å². The fourth-order valence-corrected chi connectivity index (χ4v) is 2.74. The predicted octanol–water partition coefficient (Wildman–Crippen LogP) is 1.37. The first-order valence-corrected chi connectivity index (χ1v) is 5.66. The number of carboxylic acid groups (broad SMARTS) is 1. The number of nitrogens with zero attached hydrogens (tertiary/aromatic N) is 2. The number of carboxylic acids is 1. The van der Waals surface area contributed by atoms with E-state index in [1.165, 1.54) is 0 Å². The minimum Gasteiger partial charge on any atom is -0.480 e. The summed E-state index contributed by atoms with van der Waals surface area (Å²) in [6.07, 6.45) is 4.70. The lowest BCUT2D eigenvalue weighted by atomic mass is 9.73. The number of rotatable bonds is 2. The molecule has 0 spiro atoms. The van der Waals surface area contributed by atoms with Gasteiger partial charge in [-0.1, -0.05) is 19.3 Å². The normalized spacial score (nSPS) is 25.1. The van der Waals surface area contributed by atoms with E-state index < -0.39 is 11.4 Å². The number of likely N-dealkylation sites (N-methyl/N-ethyl adjacent to an activating group) is 1. The van der Waals surface area contributed by atoms with Crippen molar-refractivity contribution in [3.8, 4) is 0 Å². The maximum absolute atomic E-state index is 11.5. The molecule has 2 rings (SSSR count). The molecule has 1 heterocycles. The van der Waals surface area contributed by atoms with Crippen LogP contribution in [0.5, 0.6) is 0 Å². The molecular weight excluding hydrogens is 192 g/mol. The van der Waals surface area contributed by atoms with Crippen molar-refractivity contribution in [3.63, 3.8) is 0 Å². The van der Waals surface area contributed by atoms with Gasteiger partial charge in [0, 0.05) is 13.6 Å². The lowest BCUT2D eigenvalue weighted by Gasteiger charge is -2.36. The Morgan fingerprint density at radius 3 is 2.53 bits per heavy atom. The quantitative estimate of drug-likeness (QED) is 0.748. The van der Waals surface area contributed by atoms with Crippen LogP contribution in [0.3, 0.4) is 0 Å². The van der Waals surface area contributed by atoms with Gasteiger partial charge in [-0.05, 0) is 12.8 Å². The molecule has 1 N–H and O–H groups in total. The van der Waals surface area contributed by atoms with Crippen molar-refractivity contribution < 1.29 is 9.90 Å². The highest BCUT2D eigenvalue weighted by molar-refractivity contribution is 6.05. The first-order chi connectivity index (χ1) is 7.17. The molecule has 1 fully saturated rings. The molecule has 0 amide bonds. The van der Waals surface area contributed by atoms with E-state index in [0.717, 1.165) is 51.0 Å². The Kier molecular flexibility index (Phi) is 2.67. The van der Waals surface area contributed by atoms with Crippen molar-refractivity contribution in [2.75, 3.05) is 20.1 Å². The topological polar surface area (TPSA) is 52.9 Å². The standard InChI is InChI=1S/C11H18N2O2/c1-13-8-7-12-9(13)11(10(14)15)5-3-2-4-6-11/h2-8H2,1H3,(H,14,15). The van der Waals surface area contributed by atoms with Gasteiger partial charge in [0.2, 0.25) is 0 Å². The van der Waals surface area contributed by atoms with Gasteiger partial charge in [-0.2, -0.15) is 0 Å². The molecule has 1 aliphatic heterocycles. The molecule has 15 heavy (non-hydrogen) atoms. The molecule has 0 unspecified atom stereocenters. The SMILES string of the molecule is CN1CCN=C1C1(C(=O)O)CCCCC1. The summed E-state index contributed by atoms with van der Waals surface area (Å²) in [5.74, 6) is 0.129. The molecule has 84 valence electrons. The van der Waals surface area contributed by atoms with Gasteiger partial charge in [-0.3, -0.25) is 9.79 Å². The number of aliphatic imine (C=N–C) groups is 1. The second-order valence-electron chi connectivity index (χ2n) is 4.57. The van der Waals surface area contributed by atoms with Crippen molar-refractivity contribution in [1.82, 2.24) is 4.90 Å². The summed E-state index contributed by atoms with van der Waals surface area (Å²) in [6, 6.07) is 0. The van der Waals surface area contributed by atoms with E-state index in [1.807, 2.05) is 11.9 Å². The Morgan fingerprint density at radius 1 is 1.40 bits per heavy atom. The number of carbonyl (C=O) groups is 1. The monoisotopic (exact) mass is 210 g/mol. The van der Waals surface area contributed by atoms with Crippen LogP contribution in [-0.4, -0.2) is 41.9 Å². The summed E-state index contributed by atoms with van der Waals surface area (Å²) in [5.41, 5.74) is -0.677. The molecule has 0 atom stereocenters. The van der Waals surface area contributed by atoms with Gasteiger partial charge < -0.3 is 10.0 Å². The minimum atomic E-state index is -0.685. The highest BCUT2D eigenvalue weighted by Gasteiger charge is 2.46. The smallest absolute Gasteiger partial charge is 0.317 e. The summed E-state index contributed by atoms with van der Waals surface area (Å²) in [7, 11) is 1.95. The van der Waals surface area contributed by atoms with Crippen LogP contribution in [0.1, 0.15) is 32.1 Å². The Labute approximate surface area is 90.0 Å². The van der Waals surface area contributed by atoms with E-state index in [0.29, 0.717) is 0 Å². The molecule has 0 saturated heterocycles. The lowest BCUT2D eigenvalue weighted by Crippen LogP contribution is -2.46. The van der Waals surface area contributed by atoms with Crippen molar-refractivity contribution in [2.45, 2.75) is 32.1 Å². The summed E-state index contributed by atoms with van der Waals surface area (Å²) in [6.45, 7) is 1.62. The fourth-order valence-electron chi connectivity index (χ4n) is 2.74. The Morgan fingerprint density at radius 2 is 2.07 bits per heavy atom. The third-order valence-corrected chi connectivity index (χ3v) is 3.60. The average Bonchev–Trinajstić information content (AvgIpc) is 2.66. The minimum absolute atomic E-state index is 0.677. The van der Waals surface area contributed by atoms with Crippen molar-refractivity contribution in [1.29, 1.82) is 0 Å². The van der Waals surface area contributed by atoms with Gasteiger partial charge >= 0.3 is 5.97 Å². The predicted molar refractivity (Wildman–Crippen MR) is 58.1 cm³/mol. The molecule has 0 aromatic rings. The van der Waals surface area contributed by atoms with Gasteiger partial charge in [0.25, 0.3) is 0 Å². The van der Waals surface area contributed by atoms with E-state index in [-0.39, 0.29) is 0 Å². The molecular formula is C11H18N2O2. The van der Waals surface area contributed by atoms with Crippen LogP contribution in [0.15, 0.2) is 4.99 Å². The second-order valence-corrected chi connectivity index (χ2v) is 4.57. The highest BCUT2D eigenvalue weighted by Crippen LogP contribution is 2.39. The largest absolute Gasteiger partial charge is 0.480 e. The van der Waals surface area contributed by atoms with E-state index in [1.54, 1.807) is 0 Å². The van der Waals surface area contributed by atoms with Crippen LogP contribution in [0.4, 0.5) is 0 Å². The summed E-state index contributed by atoms with van der Waals surface area (Å²) >= 11 is 0. The zero-order chi connectivity index (χ0) is 10.9. The maximum Gasteiger partial charge on any atom is 0.317 e. The van der Waals surface area contributed by atoms with Crippen molar-refractivity contribution >= 4 is 11.8 Å². The molecule has 0 bridgehead atoms. The molecule has 2 aliphatic rings. The highest BCUT2D eigenvalue weighted by atomic mass is 16.4. The molecule has 0 aromatic carbocycles. The molecule has 1 aliphatic carbocycles. The molecule has 1 saturated carbocycles. The number of aliphatic carboxylic acids is 1. The maximum atomic E-state index is 11.5. The van der Waals surface area contributed by atoms with Crippen LogP contribution in [-0.2, 0) is 4.79 Å². The summed E-state index contributed by atoms with van der Waals surface area (Å²) in [5, 5.41) is 9.46. The van der Waals surface area contributed by atoms with Gasteiger partial charge in [0.15, 0.2) is 0 Å². The third-order valence-electron chi connectivity index (χ3n) is 3.60. The van der Waals surface area contributed by atoms with Crippen molar-refractivity contribution in [3.05, 3.63) is 0 Å². The number of hydrogen-bond acceptors (Lipinski definition) is 3. The van der Waals surface area contributed by atoms with Gasteiger partial charge in [0.05, 0.1) is 6.54 Å². The summed E-state index contributed by atoms with van der Waals surface area (Å²) in [4.78, 5) is 17.9. The first-order valence-electron chi connectivity index (χ1n) is 5.66. The Balaban J connectivity index is 2.29. The van der Waals surface area contributed by atoms with Crippen LogP contribution in [0, 0.1) is 5.41 Å². The second kappa shape index (κ2) is 3.83. The van der Waals surface area contributed by atoms with E-state index in [4.69, 9.17) is 0 Å². The summed E-state index contributed by atoms with van der Waals surface area (Å²) < 4.78 is 0. The van der Waals surface area contributed by atoms with Gasteiger partial charge in [0.1, 0.15) is 11.3 Å². The zero-order valence-corrected chi connectivity index (χ0v) is 9.20. The van der Waals surface area contributed by atoms with Crippen molar-refractivity contribution in [2.24, 2.45) is 10.4 Å². The van der Waals surface area contributed by atoms with Crippen LogP contribution in [0.2, 0.25) is 0 Å². The molecule has 4 heteroatoms. The molecule has 0 radical (unpaired) electrons. The zero-order valence-electron chi connectivity index (χ0n) is 9.20. The molecule has 4 nitrogen and oxygen atoms in total. The fraction of sp³-hybridized carbons (Fsp3) is 0.818. The van der Waals surface area contributed by atoms with Crippen LogP contribution in [0.25, 0.3) is 0 Å². The number of amidine groups is 1. The van der Waals surface area contributed by atoms with Crippen LogP contribution < -0.4 is 0 Å². The third kappa shape index (κ3) is 1.62. The van der Waals surface area contributed by atoms with Crippen LogP contribution >= 0.6 is 0 Å². The van der Waals surface area contributed by atoms with E-state index in [9.17, 15) is 9.90 Å². The lowest BCUT2D eigenvalue weighted by molar-refractivity contribution is -0.146. The Bertz CT molecular complexity index is 293. The van der Waals surface area contributed by atoms with Gasteiger partial charge in [-0.15, -0.1) is 0 Å².